The Hall–Kier alpha value is -2.55. The Labute approximate surface area is 113 Å². The van der Waals surface area contributed by atoms with Gasteiger partial charge in [-0.15, -0.1) is 0 Å². The van der Waals surface area contributed by atoms with Crippen LogP contribution in [0.1, 0.15) is 15.9 Å². The average molecular weight is 283 g/mol. The molecule has 9 heteroatoms. The van der Waals surface area contributed by atoms with Crippen molar-refractivity contribution in [3.63, 3.8) is 0 Å². The molecular weight excluding hydrogens is 270 g/mol. The monoisotopic (exact) mass is 283 g/mol. The van der Waals surface area contributed by atoms with Gasteiger partial charge in [0.05, 0.1) is 9.85 Å². The second-order valence-electron chi connectivity index (χ2n) is 4.34. The molecular formula is C11H13N3O6. The van der Waals surface area contributed by atoms with E-state index in [0.29, 0.717) is 6.54 Å². The largest absolute Gasteiger partial charge is 0.477 e. The lowest BCUT2D eigenvalue weighted by molar-refractivity contribution is -0.423. The Morgan fingerprint density at radius 1 is 1.20 bits per heavy atom. The summed E-state index contributed by atoms with van der Waals surface area (Å²) in [6.45, 7) is 0.449. The van der Waals surface area contributed by atoms with Crippen LogP contribution in [0.4, 0.5) is 11.4 Å². The molecule has 0 aromatic heterocycles. The van der Waals surface area contributed by atoms with Crippen molar-refractivity contribution in [3.05, 3.63) is 43.5 Å². The Kier molecular flexibility index (Phi) is 4.70. The van der Waals surface area contributed by atoms with Gasteiger partial charge >= 0.3 is 17.3 Å². The number of carboxylic acid groups (broad SMARTS) is 1. The van der Waals surface area contributed by atoms with Crippen LogP contribution in [0.5, 0.6) is 0 Å². The van der Waals surface area contributed by atoms with E-state index >= 15 is 0 Å². The Bertz CT molecular complexity index is 570. The van der Waals surface area contributed by atoms with Gasteiger partial charge in [-0.05, 0) is 26.6 Å². The summed E-state index contributed by atoms with van der Waals surface area (Å²) in [7, 11) is 3.51. The molecule has 0 aliphatic rings. The molecule has 1 aromatic carbocycles. The number of hydrogen-bond donors (Lipinski definition) is 1. The van der Waals surface area contributed by atoms with Crippen LogP contribution in [0.3, 0.4) is 0 Å². The van der Waals surface area contributed by atoms with E-state index < -0.39 is 32.8 Å². The molecule has 108 valence electrons. The van der Waals surface area contributed by atoms with Crippen molar-refractivity contribution in [2.75, 3.05) is 20.6 Å². The normalized spacial score (nSPS) is 10.6. The van der Waals surface area contributed by atoms with Crippen molar-refractivity contribution in [2.45, 2.75) is 6.42 Å². The third-order valence-electron chi connectivity index (χ3n) is 2.66. The number of likely N-dealkylation sites (N-methyl/N-ethyl adjacent to an activating group) is 1. The first kappa shape index (κ1) is 15.5. The summed E-state index contributed by atoms with van der Waals surface area (Å²) in [6, 6.07) is 2.27. The molecule has 0 fully saturated rings. The third kappa shape index (κ3) is 3.26. The van der Waals surface area contributed by atoms with Gasteiger partial charge in [0, 0.05) is 12.1 Å². The molecule has 1 N–H and O–H groups in total. The molecule has 0 unspecified atom stereocenters. The molecule has 0 saturated heterocycles. The molecule has 1 rings (SSSR count). The van der Waals surface area contributed by atoms with Crippen LogP contribution in [0, 0.1) is 20.2 Å². The van der Waals surface area contributed by atoms with Gasteiger partial charge in [-0.3, -0.25) is 20.2 Å². The van der Waals surface area contributed by atoms with Crippen molar-refractivity contribution in [1.29, 1.82) is 0 Å². The first-order valence-corrected chi connectivity index (χ1v) is 5.58. The minimum absolute atomic E-state index is 0.139. The molecule has 1 aromatic rings. The highest BCUT2D eigenvalue weighted by Crippen LogP contribution is 2.34. The van der Waals surface area contributed by atoms with Crippen LogP contribution in [0.15, 0.2) is 12.1 Å². The molecule has 0 radical (unpaired) electrons. The number of benzene rings is 1. The third-order valence-corrected chi connectivity index (χ3v) is 2.66. The van der Waals surface area contributed by atoms with Gasteiger partial charge in [0.25, 0.3) is 0 Å². The highest BCUT2D eigenvalue weighted by Gasteiger charge is 2.34. The molecule has 9 nitrogen and oxygen atoms in total. The number of carbonyl (C=O) groups is 1. The summed E-state index contributed by atoms with van der Waals surface area (Å²) >= 11 is 0. The van der Waals surface area contributed by atoms with Gasteiger partial charge in [0.2, 0.25) is 0 Å². The minimum Gasteiger partial charge on any atom is -0.477 e. The van der Waals surface area contributed by atoms with Crippen LogP contribution in [-0.2, 0) is 6.42 Å². The van der Waals surface area contributed by atoms with Crippen molar-refractivity contribution in [3.8, 4) is 0 Å². The Morgan fingerprint density at radius 2 is 1.75 bits per heavy atom. The number of rotatable bonds is 6. The van der Waals surface area contributed by atoms with E-state index in [9.17, 15) is 25.0 Å². The van der Waals surface area contributed by atoms with E-state index in [4.69, 9.17) is 5.11 Å². The summed E-state index contributed by atoms with van der Waals surface area (Å²) < 4.78 is 0. The van der Waals surface area contributed by atoms with Gasteiger partial charge in [-0.1, -0.05) is 6.07 Å². The quantitative estimate of drug-likeness (QED) is 0.615. The molecule has 20 heavy (non-hydrogen) atoms. The van der Waals surface area contributed by atoms with Crippen LogP contribution in [0.25, 0.3) is 0 Å². The maximum Gasteiger partial charge on any atom is 0.360 e. The molecule has 0 amide bonds. The molecule has 0 bridgehead atoms. The molecule has 0 aliphatic carbocycles. The second kappa shape index (κ2) is 6.06. The van der Waals surface area contributed by atoms with Gasteiger partial charge in [-0.2, -0.15) is 0 Å². The van der Waals surface area contributed by atoms with Gasteiger partial charge in [-0.25, -0.2) is 4.79 Å². The summed E-state index contributed by atoms with van der Waals surface area (Å²) in [6.07, 6.45) is 0.212. The Morgan fingerprint density at radius 3 is 2.15 bits per heavy atom. The predicted octanol–water partition coefficient (Wildman–Crippen LogP) is 1.31. The number of carboxylic acids is 1. The number of aromatic carboxylic acids is 1. The van der Waals surface area contributed by atoms with Crippen molar-refractivity contribution >= 4 is 17.3 Å². The van der Waals surface area contributed by atoms with E-state index in [1.807, 2.05) is 0 Å². The fourth-order valence-electron chi connectivity index (χ4n) is 1.73. The zero-order valence-corrected chi connectivity index (χ0v) is 10.9. The Balaban J connectivity index is 3.48. The average Bonchev–Trinajstić information content (AvgIpc) is 2.34. The molecule has 0 heterocycles. The fraction of sp³-hybridized carbons (Fsp3) is 0.364. The van der Waals surface area contributed by atoms with Crippen molar-refractivity contribution < 1.29 is 19.7 Å². The van der Waals surface area contributed by atoms with E-state index in [0.717, 1.165) is 6.07 Å². The van der Waals surface area contributed by atoms with Crippen molar-refractivity contribution in [2.24, 2.45) is 0 Å². The van der Waals surface area contributed by atoms with Gasteiger partial charge < -0.3 is 10.0 Å². The minimum atomic E-state index is -1.57. The smallest absolute Gasteiger partial charge is 0.360 e. The second-order valence-corrected chi connectivity index (χ2v) is 4.34. The highest BCUT2D eigenvalue weighted by molar-refractivity contribution is 5.95. The zero-order valence-electron chi connectivity index (χ0n) is 10.9. The van der Waals surface area contributed by atoms with Crippen LogP contribution >= 0.6 is 0 Å². The van der Waals surface area contributed by atoms with E-state index in [1.165, 1.54) is 6.07 Å². The fourth-order valence-corrected chi connectivity index (χ4v) is 1.73. The summed E-state index contributed by atoms with van der Waals surface area (Å²) in [5.74, 6) is -1.57. The first-order chi connectivity index (χ1) is 9.25. The van der Waals surface area contributed by atoms with Gasteiger partial charge in [0.15, 0.2) is 0 Å². The topological polar surface area (TPSA) is 127 Å². The number of nitro groups is 2. The SMILES string of the molecule is CN(C)CCc1ccc(C(=O)O)c([N+](=O)[O-])c1[N+](=O)[O-]. The summed E-state index contributed by atoms with van der Waals surface area (Å²) in [5, 5.41) is 30.9. The maximum atomic E-state index is 11.1. The molecule has 0 saturated carbocycles. The lowest BCUT2D eigenvalue weighted by Crippen LogP contribution is -2.16. The molecule has 0 spiro atoms. The summed E-state index contributed by atoms with van der Waals surface area (Å²) in [4.78, 5) is 32.8. The van der Waals surface area contributed by atoms with Crippen LogP contribution in [-0.4, -0.2) is 46.5 Å². The van der Waals surface area contributed by atoms with Crippen LogP contribution in [0.2, 0.25) is 0 Å². The summed E-state index contributed by atoms with van der Waals surface area (Å²) in [5.41, 5.74) is -2.27. The standard InChI is InChI=1S/C11H13N3O6/c1-12(2)6-5-7-3-4-8(11(15)16)10(14(19)20)9(7)13(17)18/h3-4H,5-6H2,1-2H3,(H,15,16). The first-order valence-electron chi connectivity index (χ1n) is 5.58. The number of nitrogens with zero attached hydrogens (tertiary/aromatic N) is 3. The molecule has 0 atom stereocenters. The van der Waals surface area contributed by atoms with Crippen molar-refractivity contribution in [1.82, 2.24) is 4.90 Å². The van der Waals surface area contributed by atoms with E-state index in [2.05, 4.69) is 0 Å². The number of hydrogen-bond acceptors (Lipinski definition) is 6. The lowest BCUT2D eigenvalue weighted by Gasteiger charge is -2.10. The maximum absolute atomic E-state index is 11.1. The van der Waals surface area contributed by atoms with E-state index in [1.54, 1.807) is 19.0 Å². The number of nitro benzene ring substituents is 2. The lowest BCUT2D eigenvalue weighted by atomic mass is 10.0. The van der Waals surface area contributed by atoms with E-state index in [-0.39, 0.29) is 12.0 Å². The highest BCUT2D eigenvalue weighted by atomic mass is 16.6. The zero-order chi connectivity index (χ0) is 15.4. The predicted molar refractivity (Wildman–Crippen MR) is 69.0 cm³/mol. The van der Waals surface area contributed by atoms with Crippen LogP contribution < -0.4 is 0 Å². The molecule has 0 aliphatic heterocycles. The van der Waals surface area contributed by atoms with Gasteiger partial charge in [0.1, 0.15) is 5.56 Å².